The van der Waals surface area contributed by atoms with Gasteiger partial charge in [0, 0.05) is 23.4 Å². The van der Waals surface area contributed by atoms with E-state index in [0.29, 0.717) is 22.4 Å². The second-order valence-corrected chi connectivity index (χ2v) is 11.4. The Bertz CT molecular complexity index is 1540. The highest BCUT2D eigenvalue weighted by Gasteiger charge is 2.35. The number of benzene rings is 1. The molecule has 4 aromatic rings. The summed E-state index contributed by atoms with van der Waals surface area (Å²) in [6.45, 7) is 0. The number of hydrogen-bond acceptors (Lipinski definition) is 7. The number of aryl methyl sites for hydroxylation is 2. The van der Waals surface area contributed by atoms with Crippen LogP contribution in [0.4, 0.5) is 0 Å². The molecular weight excluding hydrogens is 516 g/mol. The summed E-state index contributed by atoms with van der Waals surface area (Å²) < 4.78 is 7.20. The van der Waals surface area contributed by atoms with Gasteiger partial charge < -0.3 is 4.42 Å². The number of carbonyl (C=O) groups excluding carboxylic acids is 1. The van der Waals surface area contributed by atoms with Gasteiger partial charge in [0.05, 0.1) is 23.1 Å². The first-order valence-corrected chi connectivity index (χ1v) is 14.0. The van der Waals surface area contributed by atoms with Crippen molar-refractivity contribution < 1.29 is 9.21 Å². The van der Waals surface area contributed by atoms with Gasteiger partial charge in [-0.05, 0) is 61.1 Å². The molecule has 0 bridgehead atoms. The molecule has 1 aliphatic heterocycles. The standard InChI is InChI=1S/C26H23ClN4O3S2/c1-30-25(33)23-17-5-2-3-7-21(17)36-24(23)28-26(30)35-14-22(32)31-19(20-6-4-12-34-20)13-18(29-31)15-8-10-16(27)11-9-15/h4,6,8-12,19H,2-3,5,7,13-14H2,1H3. The molecule has 6 rings (SSSR count). The summed E-state index contributed by atoms with van der Waals surface area (Å²) in [5.74, 6) is 0.605. The first-order chi connectivity index (χ1) is 17.5. The first-order valence-electron chi connectivity index (χ1n) is 11.8. The van der Waals surface area contributed by atoms with Crippen molar-refractivity contribution in [3.05, 3.63) is 79.8 Å². The van der Waals surface area contributed by atoms with E-state index in [1.54, 1.807) is 29.2 Å². The van der Waals surface area contributed by atoms with Gasteiger partial charge in [0.15, 0.2) is 5.16 Å². The van der Waals surface area contributed by atoms with Crippen LogP contribution in [0.1, 0.15) is 47.1 Å². The van der Waals surface area contributed by atoms with E-state index in [1.807, 2.05) is 36.4 Å². The second kappa shape index (κ2) is 9.53. The summed E-state index contributed by atoms with van der Waals surface area (Å²) in [5, 5.41) is 8.10. The maximum Gasteiger partial charge on any atom is 0.262 e. The Labute approximate surface area is 220 Å². The van der Waals surface area contributed by atoms with Crippen LogP contribution in [0.2, 0.25) is 5.02 Å². The van der Waals surface area contributed by atoms with E-state index in [2.05, 4.69) is 5.10 Å². The van der Waals surface area contributed by atoms with Crippen LogP contribution in [0.3, 0.4) is 0 Å². The number of aromatic nitrogens is 2. The van der Waals surface area contributed by atoms with Crippen molar-refractivity contribution >= 4 is 56.5 Å². The van der Waals surface area contributed by atoms with E-state index in [9.17, 15) is 9.59 Å². The van der Waals surface area contributed by atoms with Crippen molar-refractivity contribution in [3.63, 3.8) is 0 Å². The third-order valence-corrected chi connectivity index (χ3v) is 9.15. The lowest BCUT2D eigenvalue weighted by Crippen LogP contribution is -2.29. The van der Waals surface area contributed by atoms with Crippen LogP contribution in [-0.2, 0) is 24.7 Å². The normalized spacial score (nSPS) is 17.4. The third kappa shape index (κ3) is 4.19. The minimum atomic E-state index is -0.331. The number of thioether (sulfide) groups is 1. The Balaban J connectivity index is 1.27. The largest absolute Gasteiger partial charge is 0.467 e. The van der Waals surface area contributed by atoms with E-state index in [1.165, 1.54) is 27.2 Å². The highest BCUT2D eigenvalue weighted by Crippen LogP contribution is 2.36. The lowest BCUT2D eigenvalue weighted by atomic mass is 9.97. The van der Waals surface area contributed by atoms with E-state index < -0.39 is 0 Å². The van der Waals surface area contributed by atoms with Crippen molar-refractivity contribution in [2.75, 3.05) is 5.75 Å². The fourth-order valence-electron chi connectivity index (χ4n) is 4.85. The molecule has 10 heteroatoms. The summed E-state index contributed by atoms with van der Waals surface area (Å²) in [6, 6.07) is 10.8. The van der Waals surface area contributed by atoms with Gasteiger partial charge in [-0.1, -0.05) is 35.5 Å². The Kier molecular flexibility index (Phi) is 6.23. The van der Waals surface area contributed by atoms with Gasteiger partial charge >= 0.3 is 0 Å². The summed E-state index contributed by atoms with van der Waals surface area (Å²) in [5.41, 5.74) is 2.84. The predicted molar refractivity (Wildman–Crippen MR) is 143 cm³/mol. The van der Waals surface area contributed by atoms with Crippen LogP contribution >= 0.6 is 34.7 Å². The molecule has 1 unspecified atom stereocenters. The van der Waals surface area contributed by atoms with Crippen molar-refractivity contribution in [2.24, 2.45) is 12.1 Å². The molecule has 2 aliphatic rings. The van der Waals surface area contributed by atoms with Gasteiger partial charge in [0.1, 0.15) is 16.6 Å². The average Bonchev–Trinajstić information content (AvgIpc) is 3.63. The number of carbonyl (C=O) groups is 1. The highest BCUT2D eigenvalue weighted by molar-refractivity contribution is 7.99. The number of furan rings is 1. The molecule has 0 spiro atoms. The lowest BCUT2D eigenvalue weighted by Gasteiger charge is -2.19. The fourth-order valence-corrected chi connectivity index (χ4v) is 7.10. The molecule has 3 aromatic heterocycles. The zero-order valence-corrected chi connectivity index (χ0v) is 22.0. The van der Waals surface area contributed by atoms with Crippen LogP contribution in [0.5, 0.6) is 0 Å². The van der Waals surface area contributed by atoms with Gasteiger partial charge in [-0.25, -0.2) is 9.99 Å². The first kappa shape index (κ1) is 23.5. The zero-order chi connectivity index (χ0) is 24.8. The van der Waals surface area contributed by atoms with Crippen molar-refractivity contribution in [3.8, 4) is 0 Å². The molecule has 184 valence electrons. The van der Waals surface area contributed by atoms with Crippen molar-refractivity contribution in [1.29, 1.82) is 0 Å². The zero-order valence-electron chi connectivity index (χ0n) is 19.6. The molecule has 0 fully saturated rings. The van der Waals surface area contributed by atoms with Gasteiger partial charge in [-0.3, -0.25) is 14.2 Å². The van der Waals surface area contributed by atoms with Crippen LogP contribution in [0, 0.1) is 0 Å². The monoisotopic (exact) mass is 538 g/mol. The Morgan fingerprint density at radius 3 is 2.81 bits per heavy atom. The van der Waals surface area contributed by atoms with Gasteiger partial charge in [0.2, 0.25) is 0 Å². The minimum absolute atomic E-state index is 0.0352. The topological polar surface area (TPSA) is 80.7 Å². The number of nitrogens with zero attached hydrogens (tertiary/aromatic N) is 4. The highest BCUT2D eigenvalue weighted by atomic mass is 35.5. The molecule has 4 heterocycles. The van der Waals surface area contributed by atoms with Crippen LogP contribution in [0.15, 0.2) is 62.1 Å². The smallest absolute Gasteiger partial charge is 0.262 e. The molecule has 0 radical (unpaired) electrons. The number of thiophene rings is 1. The predicted octanol–water partition coefficient (Wildman–Crippen LogP) is 5.59. The summed E-state index contributed by atoms with van der Waals surface area (Å²) in [6.07, 6.45) is 6.35. The minimum Gasteiger partial charge on any atom is -0.467 e. The number of rotatable bonds is 5. The number of amides is 1. The molecule has 0 N–H and O–H groups in total. The molecular formula is C26H23ClN4O3S2. The molecule has 1 amide bonds. The number of hydrazone groups is 1. The molecule has 36 heavy (non-hydrogen) atoms. The molecule has 1 aromatic carbocycles. The summed E-state index contributed by atoms with van der Waals surface area (Å²) in [7, 11) is 1.73. The quantitative estimate of drug-likeness (QED) is 0.244. The Hall–Kier alpha value is -2.88. The van der Waals surface area contributed by atoms with Crippen LogP contribution in [0.25, 0.3) is 10.2 Å². The van der Waals surface area contributed by atoms with Crippen molar-refractivity contribution in [1.82, 2.24) is 14.6 Å². The van der Waals surface area contributed by atoms with Crippen molar-refractivity contribution in [2.45, 2.75) is 43.3 Å². The van der Waals surface area contributed by atoms with Gasteiger partial charge in [0.25, 0.3) is 11.5 Å². The number of fused-ring (bicyclic) bond motifs is 3. The van der Waals surface area contributed by atoms with Gasteiger partial charge in [-0.15, -0.1) is 11.3 Å². The lowest BCUT2D eigenvalue weighted by molar-refractivity contribution is -0.130. The Morgan fingerprint density at radius 2 is 2.03 bits per heavy atom. The molecule has 1 aliphatic carbocycles. The van der Waals surface area contributed by atoms with Crippen LogP contribution < -0.4 is 5.56 Å². The van der Waals surface area contributed by atoms with Gasteiger partial charge in [-0.2, -0.15) is 5.10 Å². The van der Waals surface area contributed by atoms with Crippen LogP contribution in [-0.4, -0.2) is 31.9 Å². The summed E-state index contributed by atoms with van der Waals surface area (Å²) in [4.78, 5) is 33.4. The molecule has 0 saturated carbocycles. The molecule has 7 nitrogen and oxygen atoms in total. The molecule has 0 saturated heterocycles. The van der Waals surface area contributed by atoms with E-state index >= 15 is 0 Å². The third-order valence-electron chi connectivity index (χ3n) is 6.70. The average molecular weight is 539 g/mol. The number of halogens is 1. The maximum atomic E-state index is 13.4. The maximum absolute atomic E-state index is 13.4. The number of hydrogen-bond donors (Lipinski definition) is 0. The Morgan fingerprint density at radius 1 is 1.22 bits per heavy atom. The summed E-state index contributed by atoms with van der Waals surface area (Å²) >= 11 is 8.93. The fraction of sp³-hybridized carbons (Fsp3) is 0.308. The second-order valence-electron chi connectivity index (χ2n) is 8.97. The van der Waals surface area contributed by atoms with E-state index in [-0.39, 0.29) is 23.3 Å². The van der Waals surface area contributed by atoms with E-state index in [4.69, 9.17) is 21.0 Å². The SMILES string of the molecule is Cn1c(SCC(=O)N2N=C(c3ccc(Cl)cc3)CC2c2ccco2)nc2sc3c(c2c1=O)CCCC3. The van der Waals surface area contributed by atoms with E-state index in [0.717, 1.165) is 47.2 Å². The molecule has 1 atom stereocenters.